The van der Waals surface area contributed by atoms with Crippen LogP contribution in [0.1, 0.15) is 43.6 Å². The molecule has 0 saturated heterocycles. The number of ketones is 2. The lowest BCUT2D eigenvalue weighted by atomic mass is 9.69. The molecule has 1 aliphatic carbocycles. The van der Waals surface area contributed by atoms with Crippen LogP contribution in [0.25, 0.3) is 0 Å². The molecule has 1 saturated carbocycles. The highest BCUT2D eigenvalue weighted by Crippen LogP contribution is 2.36. The van der Waals surface area contributed by atoms with Crippen molar-refractivity contribution in [1.82, 2.24) is 9.78 Å². The van der Waals surface area contributed by atoms with Crippen molar-refractivity contribution in [2.45, 2.75) is 33.1 Å². The van der Waals surface area contributed by atoms with Crippen LogP contribution in [0, 0.1) is 11.3 Å². The van der Waals surface area contributed by atoms with Crippen molar-refractivity contribution in [3.63, 3.8) is 0 Å². The number of aryl methyl sites for hydroxylation is 1. The second-order valence-corrected chi connectivity index (χ2v) is 5.43. The Morgan fingerprint density at radius 3 is 2.82 bits per heavy atom. The van der Waals surface area contributed by atoms with Gasteiger partial charge in [0.1, 0.15) is 11.5 Å². The Bertz CT molecular complexity index is 460. The van der Waals surface area contributed by atoms with E-state index >= 15 is 0 Å². The predicted octanol–water partition coefficient (Wildman–Crippen LogP) is 2.00. The first-order chi connectivity index (χ1) is 7.92. The maximum absolute atomic E-state index is 12.2. The van der Waals surface area contributed by atoms with Crippen LogP contribution in [0.5, 0.6) is 0 Å². The molecule has 1 fully saturated rings. The Labute approximate surface area is 101 Å². The number of carbonyl (C=O) groups excluding carboxylic acids is 2. The van der Waals surface area contributed by atoms with Gasteiger partial charge in [-0.25, -0.2) is 0 Å². The number of nitrogens with zero attached hydrogens (tertiary/aromatic N) is 2. The van der Waals surface area contributed by atoms with E-state index in [1.54, 1.807) is 24.0 Å². The molecular weight excluding hydrogens is 216 g/mol. The van der Waals surface area contributed by atoms with E-state index in [1.807, 2.05) is 13.8 Å². The standard InChI is InChI=1S/C13H18N2O2/c1-13(2)7-4-5-9(12(13)17)11(16)10-6-8-15(3)14-10/h6,8-9H,4-5,7H2,1-3H3. The van der Waals surface area contributed by atoms with Gasteiger partial charge in [-0.05, 0) is 18.9 Å². The Morgan fingerprint density at radius 1 is 1.53 bits per heavy atom. The van der Waals surface area contributed by atoms with Gasteiger partial charge in [0.2, 0.25) is 0 Å². The quantitative estimate of drug-likeness (QED) is 0.581. The van der Waals surface area contributed by atoms with Gasteiger partial charge in [-0.15, -0.1) is 0 Å². The normalized spacial score (nSPS) is 23.7. The molecular formula is C13H18N2O2. The molecule has 1 unspecified atom stereocenters. The van der Waals surface area contributed by atoms with Crippen LogP contribution < -0.4 is 0 Å². The molecule has 0 amide bonds. The fraction of sp³-hybridized carbons (Fsp3) is 0.615. The summed E-state index contributed by atoms with van der Waals surface area (Å²) >= 11 is 0. The van der Waals surface area contributed by atoms with Crippen LogP contribution in [-0.4, -0.2) is 21.3 Å². The van der Waals surface area contributed by atoms with E-state index in [-0.39, 0.29) is 17.0 Å². The molecule has 17 heavy (non-hydrogen) atoms. The molecule has 1 atom stereocenters. The molecule has 0 N–H and O–H groups in total. The molecule has 92 valence electrons. The second-order valence-electron chi connectivity index (χ2n) is 5.43. The molecule has 0 aromatic carbocycles. The Hall–Kier alpha value is -1.45. The van der Waals surface area contributed by atoms with Gasteiger partial charge in [-0.1, -0.05) is 20.3 Å². The lowest BCUT2D eigenvalue weighted by molar-refractivity contribution is -0.132. The topological polar surface area (TPSA) is 52.0 Å². The molecule has 0 aliphatic heterocycles. The van der Waals surface area contributed by atoms with Crippen molar-refractivity contribution in [2.24, 2.45) is 18.4 Å². The summed E-state index contributed by atoms with van der Waals surface area (Å²) in [7, 11) is 1.77. The smallest absolute Gasteiger partial charge is 0.193 e. The average Bonchev–Trinajstić information content (AvgIpc) is 2.68. The molecule has 1 aromatic heterocycles. The summed E-state index contributed by atoms with van der Waals surface area (Å²) in [5.74, 6) is -0.545. The van der Waals surface area contributed by atoms with E-state index in [0.717, 1.165) is 12.8 Å². The van der Waals surface area contributed by atoms with Crippen molar-refractivity contribution in [3.8, 4) is 0 Å². The zero-order valence-electron chi connectivity index (χ0n) is 10.6. The molecule has 0 radical (unpaired) electrons. The van der Waals surface area contributed by atoms with Crippen molar-refractivity contribution < 1.29 is 9.59 Å². The van der Waals surface area contributed by atoms with Crippen molar-refractivity contribution in [2.75, 3.05) is 0 Å². The Kier molecular flexibility index (Phi) is 2.89. The third-order valence-electron chi connectivity index (χ3n) is 3.56. The largest absolute Gasteiger partial charge is 0.298 e. The molecule has 1 aliphatic rings. The highest BCUT2D eigenvalue weighted by Gasteiger charge is 2.41. The van der Waals surface area contributed by atoms with E-state index in [1.165, 1.54) is 0 Å². The van der Waals surface area contributed by atoms with Crippen LogP contribution >= 0.6 is 0 Å². The number of hydrogen-bond donors (Lipinski definition) is 0. The first-order valence-corrected chi connectivity index (χ1v) is 6.00. The second kappa shape index (κ2) is 4.09. The highest BCUT2D eigenvalue weighted by molar-refractivity contribution is 6.11. The zero-order chi connectivity index (χ0) is 12.6. The first-order valence-electron chi connectivity index (χ1n) is 6.00. The third-order valence-corrected chi connectivity index (χ3v) is 3.56. The van der Waals surface area contributed by atoms with Gasteiger partial charge in [0, 0.05) is 18.7 Å². The predicted molar refractivity (Wildman–Crippen MR) is 63.7 cm³/mol. The van der Waals surface area contributed by atoms with E-state index in [2.05, 4.69) is 5.10 Å². The summed E-state index contributed by atoms with van der Waals surface area (Å²) in [5, 5.41) is 4.08. The summed E-state index contributed by atoms with van der Waals surface area (Å²) in [5.41, 5.74) is 0.0384. The summed E-state index contributed by atoms with van der Waals surface area (Å²) in [4.78, 5) is 24.4. The van der Waals surface area contributed by atoms with Crippen LogP contribution in [0.15, 0.2) is 12.3 Å². The molecule has 1 heterocycles. The van der Waals surface area contributed by atoms with Gasteiger partial charge < -0.3 is 0 Å². The SMILES string of the molecule is Cn1ccc(C(=O)C2CCCC(C)(C)C2=O)n1. The molecule has 2 rings (SSSR count). The van der Waals surface area contributed by atoms with Crippen molar-refractivity contribution in [3.05, 3.63) is 18.0 Å². The first kappa shape index (κ1) is 12.0. The van der Waals surface area contributed by atoms with Gasteiger partial charge >= 0.3 is 0 Å². The van der Waals surface area contributed by atoms with Gasteiger partial charge in [-0.2, -0.15) is 5.10 Å². The monoisotopic (exact) mass is 234 g/mol. The van der Waals surface area contributed by atoms with E-state index in [9.17, 15) is 9.59 Å². The Balaban J connectivity index is 2.23. The highest BCUT2D eigenvalue weighted by atomic mass is 16.2. The van der Waals surface area contributed by atoms with Gasteiger partial charge in [0.05, 0.1) is 5.92 Å². The molecule has 1 aromatic rings. The third kappa shape index (κ3) is 2.16. The zero-order valence-corrected chi connectivity index (χ0v) is 10.6. The van der Waals surface area contributed by atoms with Crippen molar-refractivity contribution in [1.29, 1.82) is 0 Å². The summed E-state index contributed by atoms with van der Waals surface area (Å²) in [6, 6.07) is 1.68. The number of Topliss-reactive ketones (excluding diaryl/α,β-unsaturated/α-hetero) is 2. The summed E-state index contributed by atoms with van der Waals surface area (Å²) in [6.45, 7) is 3.85. The fourth-order valence-corrected chi connectivity index (χ4v) is 2.45. The maximum Gasteiger partial charge on any atom is 0.193 e. The fourth-order valence-electron chi connectivity index (χ4n) is 2.45. The number of hydrogen-bond acceptors (Lipinski definition) is 3. The van der Waals surface area contributed by atoms with Crippen LogP contribution in [0.2, 0.25) is 0 Å². The van der Waals surface area contributed by atoms with Crippen LogP contribution in [0.3, 0.4) is 0 Å². The van der Waals surface area contributed by atoms with E-state index < -0.39 is 5.92 Å². The van der Waals surface area contributed by atoms with Crippen LogP contribution in [-0.2, 0) is 11.8 Å². The minimum absolute atomic E-state index is 0.0689. The molecule has 4 nitrogen and oxygen atoms in total. The minimum Gasteiger partial charge on any atom is -0.298 e. The lowest BCUT2D eigenvalue weighted by Gasteiger charge is -2.32. The van der Waals surface area contributed by atoms with Gasteiger partial charge in [-0.3, -0.25) is 14.3 Å². The van der Waals surface area contributed by atoms with E-state index in [4.69, 9.17) is 0 Å². The minimum atomic E-state index is -0.492. The number of rotatable bonds is 2. The number of carbonyl (C=O) groups is 2. The maximum atomic E-state index is 12.2. The molecule has 4 heteroatoms. The van der Waals surface area contributed by atoms with Crippen molar-refractivity contribution >= 4 is 11.6 Å². The lowest BCUT2D eigenvalue weighted by Crippen LogP contribution is -2.39. The van der Waals surface area contributed by atoms with E-state index in [0.29, 0.717) is 12.1 Å². The van der Waals surface area contributed by atoms with Gasteiger partial charge in [0.15, 0.2) is 5.78 Å². The number of aromatic nitrogens is 2. The molecule has 0 spiro atoms. The summed E-state index contributed by atoms with van der Waals surface area (Å²) < 4.78 is 1.59. The summed E-state index contributed by atoms with van der Waals surface area (Å²) in [6.07, 6.45) is 4.20. The average molecular weight is 234 g/mol. The van der Waals surface area contributed by atoms with Gasteiger partial charge in [0.25, 0.3) is 0 Å². The molecule has 0 bridgehead atoms. The Morgan fingerprint density at radius 2 is 2.24 bits per heavy atom. The van der Waals surface area contributed by atoms with Crippen LogP contribution in [0.4, 0.5) is 0 Å².